The van der Waals surface area contributed by atoms with Gasteiger partial charge >= 0.3 is 0 Å². The van der Waals surface area contributed by atoms with Crippen molar-refractivity contribution in [2.45, 2.75) is 30.9 Å². The van der Waals surface area contributed by atoms with E-state index in [4.69, 9.17) is 9.47 Å². The van der Waals surface area contributed by atoms with Crippen molar-refractivity contribution < 1.29 is 18.8 Å². The van der Waals surface area contributed by atoms with E-state index in [0.29, 0.717) is 28.9 Å². The molecule has 11 heteroatoms. The summed E-state index contributed by atoms with van der Waals surface area (Å²) in [6, 6.07) is 18.9. The third-order valence-electron chi connectivity index (χ3n) is 5.39. The Morgan fingerprint density at radius 1 is 1.08 bits per heavy atom. The predicted molar refractivity (Wildman–Crippen MR) is 143 cm³/mol. The van der Waals surface area contributed by atoms with Crippen molar-refractivity contribution in [1.29, 1.82) is 0 Å². The molecule has 192 valence electrons. The molecule has 0 saturated carbocycles. The van der Waals surface area contributed by atoms with E-state index in [2.05, 4.69) is 26.1 Å². The monoisotopic (exact) mass is 586 g/mol. The highest BCUT2D eigenvalue weighted by molar-refractivity contribution is 9.10. The first-order valence-electron chi connectivity index (χ1n) is 11.4. The van der Waals surface area contributed by atoms with Gasteiger partial charge in [-0.3, -0.25) is 14.7 Å². The summed E-state index contributed by atoms with van der Waals surface area (Å²) in [6.45, 7) is 4.14. The topological polar surface area (TPSA) is 92.3 Å². The molecule has 0 saturated heterocycles. The van der Waals surface area contributed by atoms with E-state index in [0.717, 1.165) is 21.5 Å². The molecule has 0 amide bonds. The number of benzene rings is 3. The van der Waals surface area contributed by atoms with Crippen LogP contribution in [-0.4, -0.2) is 32.8 Å². The van der Waals surface area contributed by atoms with Crippen LogP contribution >= 0.6 is 27.7 Å². The van der Waals surface area contributed by atoms with Gasteiger partial charge in [-0.1, -0.05) is 39.8 Å². The van der Waals surface area contributed by atoms with Gasteiger partial charge in [0.15, 0.2) is 5.16 Å². The number of halogens is 2. The molecule has 37 heavy (non-hydrogen) atoms. The average molecular weight is 587 g/mol. The van der Waals surface area contributed by atoms with Crippen molar-refractivity contribution in [2.24, 2.45) is 0 Å². The number of rotatable bonds is 11. The maximum Gasteiger partial charge on any atom is 0.220 e. The van der Waals surface area contributed by atoms with Gasteiger partial charge < -0.3 is 9.47 Å². The number of thioether (sulfide) groups is 1. The standard InChI is InChI=1S/C26H24BrFN4O4S/c1-3-35-22-11-9-21(10-12-22)32-17(2)29-30-26(32)37-25(15-31(33)34)23-14-19(27)6-13-24(23)36-16-18-4-7-20(28)8-5-18/h4-14,25H,3,15-16H2,1-2H3/t25-/m0/s1. The quantitative estimate of drug-likeness (QED) is 0.111. The SMILES string of the molecule is CCOc1ccc(-n2c(C)nnc2S[C@@H](C[N+](=O)[O-])c2cc(Br)ccc2OCc2ccc(F)cc2)cc1. The van der Waals surface area contributed by atoms with Gasteiger partial charge in [-0.15, -0.1) is 10.2 Å². The fraction of sp³-hybridized carbons (Fsp3) is 0.231. The number of hydrogen-bond donors (Lipinski definition) is 0. The van der Waals surface area contributed by atoms with E-state index >= 15 is 0 Å². The summed E-state index contributed by atoms with van der Waals surface area (Å²) in [6.07, 6.45) is 0. The van der Waals surface area contributed by atoms with E-state index in [9.17, 15) is 14.5 Å². The lowest BCUT2D eigenvalue weighted by atomic mass is 10.1. The first-order chi connectivity index (χ1) is 17.8. The van der Waals surface area contributed by atoms with Crippen LogP contribution in [0.1, 0.15) is 29.1 Å². The Bertz CT molecular complexity index is 1370. The molecule has 0 bridgehead atoms. The van der Waals surface area contributed by atoms with Crippen LogP contribution in [0.15, 0.2) is 76.4 Å². The average Bonchev–Trinajstić information content (AvgIpc) is 3.24. The number of aromatic nitrogens is 3. The molecule has 0 radical (unpaired) electrons. The van der Waals surface area contributed by atoms with Crippen LogP contribution in [0.3, 0.4) is 0 Å². The van der Waals surface area contributed by atoms with Gasteiger partial charge in [-0.05, 0) is 74.0 Å². The molecule has 1 atom stereocenters. The molecule has 8 nitrogen and oxygen atoms in total. The third kappa shape index (κ3) is 6.86. The molecule has 1 heterocycles. The first kappa shape index (κ1) is 26.6. The molecule has 0 aliphatic heterocycles. The predicted octanol–water partition coefficient (Wildman–Crippen LogP) is 6.57. The first-order valence-corrected chi connectivity index (χ1v) is 13.1. The van der Waals surface area contributed by atoms with Crippen LogP contribution < -0.4 is 9.47 Å². The van der Waals surface area contributed by atoms with E-state index < -0.39 is 5.25 Å². The Kier molecular flexibility index (Phi) is 8.78. The minimum atomic E-state index is -0.624. The second-order valence-corrected chi connectivity index (χ2v) is 10.1. The highest BCUT2D eigenvalue weighted by Crippen LogP contribution is 2.41. The van der Waals surface area contributed by atoms with Crippen molar-refractivity contribution in [1.82, 2.24) is 14.8 Å². The summed E-state index contributed by atoms with van der Waals surface area (Å²) >= 11 is 4.71. The van der Waals surface area contributed by atoms with E-state index in [1.165, 1.54) is 23.9 Å². The van der Waals surface area contributed by atoms with Crippen LogP contribution in [-0.2, 0) is 6.61 Å². The van der Waals surface area contributed by atoms with E-state index in [1.807, 2.05) is 54.8 Å². The molecule has 4 aromatic rings. The fourth-order valence-corrected chi connectivity index (χ4v) is 5.25. The van der Waals surface area contributed by atoms with Crippen molar-refractivity contribution in [2.75, 3.05) is 13.2 Å². The van der Waals surface area contributed by atoms with Crippen molar-refractivity contribution in [3.63, 3.8) is 0 Å². The van der Waals surface area contributed by atoms with Gasteiger partial charge in [0.2, 0.25) is 6.54 Å². The maximum atomic E-state index is 13.3. The lowest BCUT2D eigenvalue weighted by Gasteiger charge is -2.18. The summed E-state index contributed by atoms with van der Waals surface area (Å²) in [5, 5.41) is 20.1. The Morgan fingerprint density at radius 2 is 1.81 bits per heavy atom. The van der Waals surface area contributed by atoms with Crippen LogP contribution in [0.2, 0.25) is 0 Å². The maximum absolute atomic E-state index is 13.3. The molecule has 0 unspecified atom stereocenters. The minimum absolute atomic E-state index is 0.187. The largest absolute Gasteiger partial charge is 0.494 e. The highest BCUT2D eigenvalue weighted by atomic mass is 79.9. The van der Waals surface area contributed by atoms with Crippen LogP contribution in [0.25, 0.3) is 5.69 Å². The van der Waals surface area contributed by atoms with Gasteiger partial charge in [0.1, 0.15) is 35.0 Å². The molecule has 4 rings (SSSR count). The van der Waals surface area contributed by atoms with E-state index in [1.54, 1.807) is 18.2 Å². The van der Waals surface area contributed by atoms with Crippen LogP contribution in [0, 0.1) is 22.9 Å². The normalized spacial score (nSPS) is 11.8. The van der Waals surface area contributed by atoms with Crippen LogP contribution in [0.5, 0.6) is 11.5 Å². The third-order valence-corrected chi connectivity index (χ3v) is 7.05. The number of ether oxygens (including phenoxy) is 2. The summed E-state index contributed by atoms with van der Waals surface area (Å²) in [5.74, 6) is 1.56. The van der Waals surface area contributed by atoms with Crippen molar-refractivity contribution in [3.8, 4) is 17.2 Å². The summed E-state index contributed by atoms with van der Waals surface area (Å²) in [4.78, 5) is 11.3. The molecule has 0 fully saturated rings. The molecular formula is C26H24BrFN4O4S. The summed E-state index contributed by atoms with van der Waals surface area (Å²) in [7, 11) is 0. The number of aryl methyl sites for hydroxylation is 1. The zero-order valence-electron chi connectivity index (χ0n) is 20.1. The lowest BCUT2D eigenvalue weighted by Crippen LogP contribution is -2.12. The zero-order valence-corrected chi connectivity index (χ0v) is 22.5. The lowest BCUT2D eigenvalue weighted by molar-refractivity contribution is -0.479. The molecule has 0 spiro atoms. The number of nitrogens with zero attached hydrogens (tertiary/aromatic N) is 4. The van der Waals surface area contributed by atoms with Gasteiger partial charge in [-0.2, -0.15) is 0 Å². The Labute approximate surface area is 226 Å². The van der Waals surface area contributed by atoms with Crippen molar-refractivity contribution in [3.05, 3.63) is 104 Å². The van der Waals surface area contributed by atoms with Gasteiger partial charge in [0.05, 0.1) is 6.61 Å². The zero-order chi connectivity index (χ0) is 26.4. The van der Waals surface area contributed by atoms with E-state index in [-0.39, 0.29) is 23.9 Å². The molecule has 0 aliphatic rings. The van der Waals surface area contributed by atoms with Gasteiger partial charge in [-0.25, -0.2) is 4.39 Å². The van der Waals surface area contributed by atoms with Gasteiger partial charge in [0, 0.05) is 20.6 Å². The second-order valence-electron chi connectivity index (χ2n) is 8.01. The van der Waals surface area contributed by atoms with Crippen LogP contribution in [0.4, 0.5) is 4.39 Å². The summed E-state index contributed by atoms with van der Waals surface area (Å²) in [5.41, 5.74) is 2.23. The highest BCUT2D eigenvalue weighted by Gasteiger charge is 2.27. The van der Waals surface area contributed by atoms with Crippen molar-refractivity contribution >= 4 is 27.7 Å². The molecular weight excluding hydrogens is 563 g/mol. The number of nitro groups is 1. The van der Waals surface area contributed by atoms with Gasteiger partial charge in [0.25, 0.3) is 0 Å². The molecule has 3 aromatic carbocycles. The Hall–Kier alpha value is -3.44. The summed E-state index contributed by atoms with van der Waals surface area (Å²) < 4.78 is 27.5. The molecule has 0 N–H and O–H groups in total. The molecule has 1 aromatic heterocycles. The Morgan fingerprint density at radius 3 is 2.49 bits per heavy atom. The number of hydrogen-bond acceptors (Lipinski definition) is 7. The minimum Gasteiger partial charge on any atom is -0.494 e. The Balaban J connectivity index is 1.65. The second kappa shape index (κ2) is 12.2. The fourth-order valence-electron chi connectivity index (χ4n) is 3.68. The smallest absolute Gasteiger partial charge is 0.220 e. The molecule has 0 aliphatic carbocycles.